The summed E-state index contributed by atoms with van der Waals surface area (Å²) in [6.45, 7) is 4.52. The number of aliphatic hydroxyl groups excluding tert-OH is 1. The lowest BCUT2D eigenvalue weighted by molar-refractivity contribution is 0.0968. The maximum Gasteiger partial charge on any atom is 0.262 e. The van der Waals surface area contributed by atoms with E-state index < -0.39 is 11.7 Å². The molecule has 0 bridgehead atoms. The number of anilines is 4. The van der Waals surface area contributed by atoms with Gasteiger partial charge in [0.1, 0.15) is 17.5 Å². The van der Waals surface area contributed by atoms with Gasteiger partial charge in [0.2, 0.25) is 5.95 Å². The van der Waals surface area contributed by atoms with E-state index in [9.17, 15) is 9.90 Å². The van der Waals surface area contributed by atoms with Gasteiger partial charge in [0.25, 0.3) is 5.91 Å². The van der Waals surface area contributed by atoms with Crippen LogP contribution in [0.5, 0.6) is 0 Å². The van der Waals surface area contributed by atoms with Gasteiger partial charge in [-0.25, -0.2) is 14.4 Å². The molecule has 0 aliphatic carbocycles. The standard InChI is InChI=1S/C29H30FN7O2/c1-18-4-2-5-19-9-12-32-27(26(18)19)37(21-6-3-11-31-15-21)28(39)23-8-7-20(14-24(23)30)34-29-33-13-10-25(35-29)36-16-22(38)17-36/h2,4-5,7-10,12-14,21-22,31,38H,3,6,11,15-17H2,1H3,(H,33,34,35)/t21-/m1/s1. The first kappa shape index (κ1) is 25.1. The highest BCUT2D eigenvalue weighted by molar-refractivity contribution is 6.11. The molecule has 0 saturated carbocycles. The fourth-order valence-corrected chi connectivity index (χ4v) is 5.31. The number of aryl methyl sites for hydroxylation is 1. The van der Waals surface area contributed by atoms with Crippen LogP contribution in [0.4, 0.5) is 27.7 Å². The summed E-state index contributed by atoms with van der Waals surface area (Å²) < 4.78 is 15.6. The number of pyridine rings is 1. The van der Waals surface area contributed by atoms with E-state index in [2.05, 4.69) is 25.6 Å². The summed E-state index contributed by atoms with van der Waals surface area (Å²) in [7, 11) is 0. The van der Waals surface area contributed by atoms with Gasteiger partial charge in [-0.05, 0) is 67.6 Å². The number of aromatic nitrogens is 3. The van der Waals surface area contributed by atoms with Gasteiger partial charge in [0, 0.05) is 43.1 Å². The SMILES string of the molecule is Cc1cccc2ccnc(N(C(=O)c3ccc(Nc4nccc(N5CC(O)C5)n4)cc3F)[C@@H]3CCCNC3)c12. The van der Waals surface area contributed by atoms with Gasteiger partial charge in [-0.2, -0.15) is 4.98 Å². The third kappa shape index (κ3) is 5.00. The maximum absolute atomic E-state index is 15.6. The first-order chi connectivity index (χ1) is 19.0. The number of carbonyl (C=O) groups is 1. The maximum atomic E-state index is 15.6. The van der Waals surface area contributed by atoms with Crippen LogP contribution in [0.3, 0.4) is 0 Å². The quantitative estimate of drug-likeness (QED) is 0.348. The fraction of sp³-hybridized carbons (Fsp3) is 0.310. The lowest BCUT2D eigenvalue weighted by atomic mass is 10.0. The fourth-order valence-electron chi connectivity index (χ4n) is 5.31. The van der Waals surface area contributed by atoms with Crippen LogP contribution in [0.15, 0.2) is 60.9 Å². The Morgan fingerprint density at radius 1 is 1.15 bits per heavy atom. The van der Waals surface area contributed by atoms with Gasteiger partial charge >= 0.3 is 0 Å². The third-order valence-electron chi connectivity index (χ3n) is 7.35. The highest BCUT2D eigenvalue weighted by Gasteiger charge is 2.32. The molecule has 4 heterocycles. The molecule has 9 nitrogen and oxygen atoms in total. The Morgan fingerprint density at radius 3 is 2.77 bits per heavy atom. The molecule has 2 saturated heterocycles. The molecule has 4 aromatic rings. The summed E-state index contributed by atoms with van der Waals surface area (Å²) in [5, 5.41) is 17.8. The van der Waals surface area contributed by atoms with Gasteiger partial charge in [0.05, 0.1) is 17.7 Å². The molecule has 39 heavy (non-hydrogen) atoms. The zero-order valence-electron chi connectivity index (χ0n) is 21.6. The number of piperidine rings is 1. The first-order valence-electron chi connectivity index (χ1n) is 13.2. The minimum Gasteiger partial charge on any atom is -0.389 e. The predicted octanol–water partition coefficient (Wildman–Crippen LogP) is 3.80. The summed E-state index contributed by atoms with van der Waals surface area (Å²) in [5.74, 6) is 0.466. The summed E-state index contributed by atoms with van der Waals surface area (Å²) >= 11 is 0. The Bertz CT molecular complexity index is 1510. The van der Waals surface area contributed by atoms with E-state index in [4.69, 9.17) is 0 Å². The van der Waals surface area contributed by atoms with Crippen LogP contribution in [-0.4, -0.2) is 64.3 Å². The number of rotatable bonds is 6. The van der Waals surface area contributed by atoms with Crippen molar-refractivity contribution in [2.45, 2.75) is 31.9 Å². The topological polar surface area (TPSA) is 107 Å². The summed E-state index contributed by atoms with van der Waals surface area (Å²) in [6.07, 6.45) is 4.67. The van der Waals surface area contributed by atoms with Gasteiger partial charge in [-0.3, -0.25) is 9.69 Å². The molecule has 1 atom stereocenters. The van der Waals surface area contributed by atoms with E-state index in [-0.39, 0.29) is 17.7 Å². The number of β-amino-alcohol motifs (C(OH)–C–C–N with tert-alkyl or cyclic N) is 1. The van der Waals surface area contributed by atoms with Crippen LogP contribution in [0.2, 0.25) is 0 Å². The molecule has 0 radical (unpaired) electrons. The number of benzene rings is 2. The molecule has 6 rings (SSSR count). The molecule has 200 valence electrons. The van der Waals surface area contributed by atoms with Crippen LogP contribution < -0.4 is 20.4 Å². The molecule has 0 spiro atoms. The van der Waals surface area contributed by atoms with Gasteiger partial charge < -0.3 is 20.6 Å². The van der Waals surface area contributed by atoms with Crippen molar-refractivity contribution in [2.24, 2.45) is 0 Å². The largest absolute Gasteiger partial charge is 0.389 e. The summed E-state index contributed by atoms with van der Waals surface area (Å²) in [6, 6.07) is 13.9. The van der Waals surface area contributed by atoms with Crippen molar-refractivity contribution in [3.63, 3.8) is 0 Å². The minimum absolute atomic E-state index is 0.0252. The van der Waals surface area contributed by atoms with Crippen LogP contribution >= 0.6 is 0 Å². The van der Waals surface area contributed by atoms with Gasteiger partial charge in [-0.1, -0.05) is 18.2 Å². The van der Waals surface area contributed by atoms with Crippen molar-refractivity contribution < 1.29 is 14.3 Å². The third-order valence-corrected chi connectivity index (χ3v) is 7.35. The number of aliphatic hydroxyl groups is 1. The lowest BCUT2D eigenvalue weighted by Crippen LogP contribution is -2.51. The number of nitrogens with one attached hydrogen (secondary N) is 2. The Hall–Kier alpha value is -4.15. The number of amides is 1. The number of hydrogen-bond donors (Lipinski definition) is 3. The van der Waals surface area contributed by atoms with E-state index in [1.807, 2.05) is 36.1 Å². The molecule has 2 aromatic carbocycles. The molecule has 0 unspecified atom stereocenters. The molecule has 2 aliphatic rings. The number of halogens is 1. The van der Waals surface area contributed by atoms with Crippen LogP contribution in [-0.2, 0) is 0 Å². The number of fused-ring (bicyclic) bond motifs is 1. The average Bonchev–Trinajstić information content (AvgIpc) is 2.92. The van der Waals surface area contributed by atoms with Crippen molar-refractivity contribution in [1.82, 2.24) is 20.3 Å². The van der Waals surface area contributed by atoms with E-state index >= 15 is 4.39 Å². The van der Waals surface area contributed by atoms with Gasteiger partial charge in [0.15, 0.2) is 0 Å². The highest BCUT2D eigenvalue weighted by Crippen LogP contribution is 2.32. The van der Waals surface area contributed by atoms with E-state index in [0.717, 1.165) is 35.7 Å². The molecule has 1 amide bonds. The first-order valence-corrected chi connectivity index (χ1v) is 13.2. The lowest BCUT2D eigenvalue weighted by Gasteiger charge is -2.36. The molecule has 3 N–H and O–H groups in total. The summed E-state index contributed by atoms with van der Waals surface area (Å²) in [4.78, 5) is 30.9. The summed E-state index contributed by atoms with van der Waals surface area (Å²) in [5.41, 5.74) is 1.41. The number of carbonyl (C=O) groups excluding carboxylic acids is 1. The second-order valence-corrected chi connectivity index (χ2v) is 10.1. The van der Waals surface area contributed by atoms with E-state index in [1.54, 1.807) is 29.4 Å². The second kappa shape index (κ2) is 10.5. The number of hydrogen-bond acceptors (Lipinski definition) is 8. The van der Waals surface area contributed by atoms with Gasteiger partial charge in [-0.15, -0.1) is 0 Å². The van der Waals surface area contributed by atoms with Crippen LogP contribution in [0.1, 0.15) is 28.8 Å². The monoisotopic (exact) mass is 527 g/mol. The average molecular weight is 528 g/mol. The Labute approximate surface area is 225 Å². The van der Waals surface area contributed by atoms with Crippen LogP contribution in [0, 0.1) is 12.7 Å². The zero-order chi connectivity index (χ0) is 26.9. The van der Waals surface area contributed by atoms with E-state index in [1.165, 1.54) is 12.1 Å². The zero-order valence-corrected chi connectivity index (χ0v) is 21.6. The van der Waals surface area contributed by atoms with Crippen LogP contribution in [0.25, 0.3) is 10.8 Å². The smallest absolute Gasteiger partial charge is 0.262 e. The number of nitrogens with zero attached hydrogens (tertiary/aromatic N) is 5. The minimum atomic E-state index is -0.641. The molecular formula is C29H30FN7O2. The predicted molar refractivity (Wildman–Crippen MR) is 149 cm³/mol. The molecule has 2 aliphatic heterocycles. The van der Waals surface area contributed by atoms with Crippen molar-refractivity contribution in [3.8, 4) is 0 Å². The highest BCUT2D eigenvalue weighted by atomic mass is 19.1. The van der Waals surface area contributed by atoms with Crippen molar-refractivity contribution in [2.75, 3.05) is 41.3 Å². The Balaban J connectivity index is 1.31. The van der Waals surface area contributed by atoms with E-state index in [0.29, 0.717) is 42.9 Å². The molecular weight excluding hydrogens is 497 g/mol. The molecule has 2 fully saturated rings. The van der Waals surface area contributed by atoms with Crippen molar-refractivity contribution in [3.05, 3.63) is 77.9 Å². The Morgan fingerprint density at radius 2 is 2.00 bits per heavy atom. The van der Waals surface area contributed by atoms with Crippen molar-refractivity contribution in [1.29, 1.82) is 0 Å². The normalized spacial score (nSPS) is 17.6. The second-order valence-electron chi connectivity index (χ2n) is 10.1. The molecule has 10 heteroatoms. The molecule has 2 aromatic heterocycles. The Kier molecular flexibility index (Phi) is 6.80. The van der Waals surface area contributed by atoms with Crippen molar-refractivity contribution >= 4 is 40.0 Å².